The number of benzene rings is 6. The average Bonchev–Trinajstić information content (AvgIpc) is 3.10. The summed E-state index contributed by atoms with van der Waals surface area (Å²) in [5.74, 6) is 0. The summed E-state index contributed by atoms with van der Waals surface area (Å²) in [7, 11) is 0. The molecule has 0 radical (unpaired) electrons. The lowest BCUT2D eigenvalue weighted by Gasteiger charge is -2.31. The number of rotatable bonds is 12. The van der Waals surface area contributed by atoms with Crippen molar-refractivity contribution in [1.29, 1.82) is 0 Å². The number of nitrogens with zero attached hydrogens (tertiary/aromatic N) is 2. The van der Waals surface area contributed by atoms with Crippen LogP contribution in [0.1, 0.15) is 61.8 Å². The SMILES string of the molecule is CCCCc1ccc(N(c2ccc(C)cc2)c2ccc(N(c3ccc(C)cc3)c3ccc(CCCC)cc3)c3ccccc23)cc1. The van der Waals surface area contributed by atoms with E-state index in [9.17, 15) is 0 Å². The molecule has 0 unspecified atom stereocenters. The molecule has 2 heteroatoms. The van der Waals surface area contributed by atoms with Crippen LogP contribution in [0.3, 0.4) is 0 Å². The fraction of sp³-hybridized carbons (Fsp3) is 0.227. The molecule has 0 aliphatic heterocycles. The minimum Gasteiger partial charge on any atom is -0.310 e. The molecule has 0 saturated heterocycles. The van der Waals surface area contributed by atoms with Gasteiger partial charge >= 0.3 is 0 Å². The van der Waals surface area contributed by atoms with Crippen molar-refractivity contribution in [1.82, 2.24) is 0 Å². The maximum absolute atomic E-state index is 2.41. The van der Waals surface area contributed by atoms with E-state index in [2.05, 4.69) is 171 Å². The third-order valence-corrected chi connectivity index (χ3v) is 8.97. The van der Waals surface area contributed by atoms with Crippen molar-refractivity contribution in [2.24, 2.45) is 0 Å². The largest absolute Gasteiger partial charge is 0.310 e. The van der Waals surface area contributed by atoms with Crippen LogP contribution in [-0.2, 0) is 12.8 Å². The van der Waals surface area contributed by atoms with Crippen LogP contribution in [0.15, 0.2) is 133 Å². The van der Waals surface area contributed by atoms with Gasteiger partial charge in [0.1, 0.15) is 0 Å². The molecule has 0 amide bonds. The number of fused-ring (bicyclic) bond motifs is 1. The molecule has 6 aromatic carbocycles. The molecule has 0 aliphatic carbocycles. The fourth-order valence-corrected chi connectivity index (χ4v) is 6.28. The molecule has 46 heavy (non-hydrogen) atoms. The standard InChI is InChI=1S/C44H46N2/c1-5-7-11-35-19-27-39(28-20-35)45(37-23-15-33(3)16-24-37)43-31-32-44(42-14-10-9-13-41(42)43)46(38-25-17-34(4)18-26-38)40-29-21-36(22-30-40)12-8-6-2/h9-10,13-32H,5-8,11-12H2,1-4H3. The van der Waals surface area contributed by atoms with Crippen LogP contribution < -0.4 is 9.80 Å². The highest BCUT2D eigenvalue weighted by molar-refractivity contribution is 6.07. The first-order valence-corrected chi connectivity index (χ1v) is 17.0. The van der Waals surface area contributed by atoms with Gasteiger partial charge in [0.15, 0.2) is 0 Å². The van der Waals surface area contributed by atoms with E-state index >= 15 is 0 Å². The average molecular weight is 603 g/mol. The highest BCUT2D eigenvalue weighted by Gasteiger charge is 2.20. The van der Waals surface area contributed by atoms with Gasteiger partial charge in [-0.3, -0.25) is 0 Å². The van der Waals surface area contributed by atoms with E-state index in [0.717, 1.165) is 24.2 Å². The molecule has 0 bridgehead atoms. The molecule has 0 fully saturated rings. The van der Waals surface area contributed by atoms with Gasteiger partial charge in [-0.25, -0.2) is 0 Å². The highest BCUT2D eigenvalue weighted by atomic mass is 15.2. The van der Waals surface area contributed by atoms with Crippen LogP contribution in [0.25, 0.3) is 10.8 Å². The lowest BCUT2D eigenvalue weighted by atomic mass is 10.0. The van der Waals surface area contributed by atoms with Crippen molar-refractivity contribution in [2.75, 3.05) is 9.80 Å². The molecule has 0 N–H and O–H groups in total. The molecular formula is C44H46N2. The summed E-state index contributed by atoms with van der Waals surface area (Å²) in [6.07, 6.45) is 7.08. The number of unbranched alkanes of at least 4 members (excludes halogenated alkanes) is 2. The van der Waals surface area contributed by atoms with E-state index in [4.69, 9.17) is 0 Å². The zero-order chi connectivity index (χ0) is 31.9. The first-order valence-electron chi connectivity index (χ1n) is 17.0. The summed E-state index contributed by atoms with van der Waals surface area (Å²) >= 11 is 0. The van der Waals surface area contributed by atoms with Gasteiger partial charge in [0.25, 0.3) is 0 Å². The van der Waals surface area contributed by atoms with Crippen LogP contribution in [0.5, 0.6) is 0 Å². The van der Waals surface area contributed by atoms with Gasteiger partial charge in [-0.2, -0.15) is 0 Å². The Balaban J connectivity index is 1.50. The summed E-state index contributed by atoms with van der Waals surface area (Å²) < 4.78 is 0. The second kappa shape index (κ2) is 14.5. The third-order valence-electron chi connectivity index (χ3n) is 8.97. The first kappa shape index (κ1) is 31.2. The van der Waals surface area contributed by atoms with Gasteiger partial charge in [0.05, 0.1) is 11.4 Å². The maximum atomic E-state index is 2.41. The van der Waals surface area contributed by atoms with Gasteiger partial charge in [-0.1, -0.05) is 111 Å². The van der Waals surface area contributed by atoms with E-state index in [0.29, 0.717) is 0 Å². The lowest BCUT2D eigenvalue weighted by molar-refractivity contribution is 0.795. The zero-order valence-corrected chi connectivity index (χ0v) is 27.8. The Hall–Kier alpha value is -4.82. The van der Waals surface area contributed by atoms with E-state index < -0.39 is 0 Å². The molecule has 2 nitrogen and oxygen atoms in total. The Bertz CT molecular complexity index is 1710. The molecule has 232 valence electrons. The Morgan fingerprint density at radius 2 is 0.717 bits per heavy atom. The van der Waals surface area contributed by atoms with E-state index in [1.54, 1.807) is 0 Å². The van der Waals surface area contributed by atoms with Gasteiger partial charge in [0.2, 0.25) is 0 Å². The van der Waals surface area contributed by atoms with Crippen LogP contribution >= 0.6 is 0 Å². The predicted octanol–water partition coefficient (Wildman–Crippen LogP) is 13.1. The topological polar surface area (TPSA) is 6.48 Å². The minimum atomic E-state index is 1.12. The zero-order valence-electron chi connectivity index (χ0n) is 27.8. The van der Waals surface area contributed by atoms with E-state index in [-0.39, 0.29) is 0 Å². The molecule has 0 atom stereocenters. The molecule has 6 aromatic rings. The molecular weight excluding hydrogens is 556 g/mol. The summed E-state index contributed by atoms with van der Waals surface area (Å²) in [6.45, 7) is 8.81. The number of aryl methyl sites for hydroxylation is 4. The molecule has 0 spiro atoms. The third kappa shape index (κ3) is 6.87. The molecule has 6 rings (SSSR count). The Labute approximate surface area is 276 Å². The van der Waals surface area contributed by atoms with Gasteiger partial charge in [-0.15, -0.1) is 0 Å². The van der Waals surface area contributed by atoms with Crippen molar-refractivity contribution in [2.45, 2.75) is 66.2 Å². The second-order valence-corrected chi connectivity index (χ2v) is 12.5. The normalized spacial score (nSPS) is 11.1. The molecule has 0 aromatic heterocycles. The predicted molar refractivity (Wildman–Crippen MR) is 200 cm³/mol. The summed E-state index contributed by atoms with van der Waals surface area (Å²) in [4.78, 5) is 4.82. The Morgan fingerprint density at radius 1 is 0.391 bits per heavy atom. The van der Waals surface area contributed by atoms with Crippen LogP contribution in [0, 0.1) is 13.8 Å². The van der Waals surface area contributed by atoms with Crippen molar-refractivity contribution in [3.8, 4) is 0 Å². The molecule has 0 heterocycles. The van der Waals surface area contributed by atoms with Crippen molar-refractivity contribution >= 4 is 44.9 Å². The Morgan fingerprint density at radius 3 is 1.04 bits per heavy atom. The summed E-state index contributed by atoms with van der Waals surface area (Å²) in [5, 5.41) is 2.43. The molecule has 0 aliphatic rings. The van der Waals surface area contributed by atoms with E-state index in [1.165, 1.54) is 81.5 Å². The quantitative estimate of drug-likeness (QED) is 0.137. The first-order chi connectivity index (χ1) is 22.6. The van der Waals surface area contributed by atoms with Gasteiger partial charge < -0.3 is 9.80 Å². The highest BCUT2D eigenvalue weighted by Crippen LogP contribution is 2.45. The number of hydrogen-bond donors (Lipinski definition) is 0. The number of anilines is 6. The van der Waals surface area contributed by atoms with Crippen molar-refractivity contribution < 1.29 is 0 Å². The van der Waals surface area contributed by atoms with Crippen LogP contribution in [0.4, 0.5) is 34.1 Å². The van der Waals surface area contributed by atoms with E-state index in [1.807, 2.05) is 0 Å². The minimum absolute atomic E-state index is 1.12. The molecule has 0 saturated carbocycles. The smallest absolute Gasteiger partial charge is 0.0541 e. The van der Waals surface area contributed by atoms with Crippen LogP contribution in [0.2, 0.25) is 0 Å². The number of hydrogen-bond acceptors (Lipinski definition) is 2. The monoisotopic (exact) mass is 602 g/mol. The summed E-state index contributed by atoms with van der Waals surface area (Å²) in [5.41, 5.74) is 12.3. The van der Waals surface area contributed by atoms with Gasteiger partial charge in [-0.05, 0) is 111 Å². The van der Waals surface area contributed by atoms with Crippen LogP contribution in [-0.4, -0.2) is 0 Å². The second-order valence-electron chi connectivity index (χ2n) is 12.5. The Kier molecular flexibility index (Phi) is 9.84. The summed E-state index contributed by atoms with van der Waals surface area (Å²) in [6, 6.07) is 49.6. The lowest BCUT2D eigenvalue weighted by Crippen LogP contribution is -2.13. The van der Waals surface area contributed by atoms with Crippen molar-refractivity contribution in [3.05, 3.63) is 156 Å². The van der Waals surface area contributed by atoms with Gasteiger partial charge in [0, 0.05) is 33.5 Å². The fourth-order valence-electron chi connectivity index (χ4n) is 6.28. The van der Waals surface area contributed by atoms with Crippen molar-refractivity contribution in [3.63, 3.8) is 0 Å². The maximum Gasteiger partial charge on any atom is 0.0541 e.